The van der Waals surface area contributed by atoms with E-state index in [4.69, 9.17) is 4.42 Å². The van der Waals surface area contributed by atoms with Crippen molar-refractivity contribution in [3.8, 4) is 0 Å². The molecule has 0 aromatic carbocycles. The standard InChI is InChI=1S/C15H21NO2S/c1-10(9-13(17)15-5-4-8-19-15)16-12(3)14-7-6-11(2)18-14/h4-8,10,12-13,16-17H,9H2,1-3H3. The fourth-order valence-corrected chi connectivity index (χ4v) is 2.92. The largest absolute Gasteiger partial charge is 0.465 e. The van der Waals surface area contributed by atoms with Gasteiger partial charge in [-0.15, -0.1) is 11.3 Å². The van der Waals surface area contributed by atoms with E-state index in [-0.39, 0.29) is 12.1 Å². The van der Waals surface area contributed by atoms with E-state index in [9.17, 15) is 5.11 Å². The Balaban J connectivity index is 1.85. The summed E-state index contributed by atoms with van der Waals surface area (Å²) in [6, 6.07) is 8.28. The Morgan fingerprint density at radius 3 is 2.68 bits per heavy atom. The first-order valence-electron chi connectivity index (χ1n) is 6.60. The maximum atomic E-state index is 10.1. The summed E-state index contributed by atoms with van der Waals surface area (Å²) in [4.78, 5) is 1.02. The molecule has 0 aliphatic carbocycles. The summed E-state index contributed by atoms with van der Waals surface area (Å²) in [6.07, 6.45) is 0.304. The molecule has 0 spiro atoms. The molecule has 0 amide bonds. The van der Waals surface area contributed by atoms with Gasteiger partial charge >= 0.3 is 0 Å². The van der Waals surface area contributed by atoms with Crippen molar-refractivity contribution in [2.75, 3.05) is 0 Å². The fraction of sp³-hybridized carbons (Fsp3) is 0.467. The predicted molar refractivity (Wildman–Crippen MR) is 78.4 cm³/mol. The van der Waals surface area contributed by atoms with E-state index in [2.05, 4.69) is 19.2 Å². The average Bonchev–Trinajstić information content (AvgIpc) is 2.98. The third kappa shape index (κ3) is 3.93. The molecule has 3 atom stereocenters. The highest BCUT2D eigenvalue weighted by Crippen LogP contribution is 2.24. The van der Waals surface area contributed by atoms with Gasteiger partial charge in [-0.25, -0.2) is 0 Å². The Hall–Kier alpha value is -1.10. The van der Waals surface area contributed by atoms with Gasteiger partial charge in [0.1, 0.15) is 11.5 Å². The van der Waals surface area contributed by atoms with Crippen LogP contribution in [0.25, 0.3) is 0 Å². The zero-order valence-electron chi connectivity index (χ0n) is 11.6. The van der Waals surface area contributed by atoms with Crippen LogP contribution in [0.5, 0.6) is 0 Å². The van der Waals surface area contributed by atoms with Gasteiger partial charge in [-0.2, -0.15) is 0 Å². The number of aryl methyl sites for hydroxylation is 1. The number of nitrogens with one attached hydrogen (secondary N) is 1. The number of aliphatic hydroxyl groups excluding tert-OH is 1. The molecule has 0 radical (unpaired) electrons. The quantitative estimate of drug-likeness (QED) is 0.845. The van der Waals surface area contributed by atoms with Gasteiger partial charge in [0, 0.05) is 10.9 Å². The minimum atomic E-state index is -0.395. The smallest absolute Gasteiger partial charge is 0.120 e. The van der Waals surface area contributed by atoms with Crippen molar-refractivity contribution in [1.82, 2.24) is 5.32 Å². The molecule has 2 aromatic heterocycles. The Labute approximate surface area is 118 Å². The first kappa shape index (κ1) is 14.3. The van der Waals surface area contributed by atoms with Crippen molar-refractivity contribution in [1.29, 1.82) is 0 Å². The second-order valence-corrected chi connectivity index (χ2v) is 5.98. The molecule has 2 heterocycles. The van der Waals surface area contributed by atoms with Gasteiger partial charge in [-0.3, -0.25) is 0 Å². The van der Waals surface area contributed by atoms with Crippen molar-refractivity contribution in [3.05, 3.63) is 46.0 Å². The zero-order chi connectivity index (χ0) is 13.8. The molecule has 0 saturated carbocycles. The lowest BCUT2D eigenvalue weighted by molar-refractivity contribution is 0.154. The minimum Gasteiger partial charge on any atom is -0.465 e. The summed E-state index contributed by atoms with van der Waals surface area (Å²) in [6.45, 7) is 6.11. The van der Waals surface area contributed by atoms with Crippen LogP contribution >= 0.6 is 11.3 Å². The molecule has 2 rings (SSSR count). The lowest BCUT2D eigenvalue weighted by atomic mass is 10.1. The molecule has 2 aromatic rings. The molecule has 0 fully saturated rings. The topological polar surface area (TPSA) is 45.4 Å². The van der Waals surface area contributed by atoms with Gasteiger partial charge in [0.25, 0.3) is 0 Å². The molecule has 0 aliphatic heterocycles. The predicted octanol–water partition coefficient (Wildman–Crippen LogP) is 3.81. The molecule has 4 heteroatoms. The molecule has 104 valence electrons. The summed E-state index contributed by atoms with van der Waals surface area (Å²) >= 11 is 1.60. The number of hydrogen-bond donors (Lipinski definition) is 2. The van der Waals surface area contributed by atoms with Crippen LogP contribution in [0.1, 0.15) is 48.8 Å². The Bertz CT molecular complexity index is 492. The molecule has 3 nitrogen and oxygen atoms in total. The average molecular weight is 279 g/mol. The molecule has 2 N–H and O–H groups in total. The SMILES string of the molecule is Cc1ccc(C(C)NC(C)CC(O)c2cccs2)o1. The van der Waals surface area contributed by atoms with Gasteiger partial charge < -0.3 is 14.8 Å². The normalized spacial score (nSPS) is 16.2. The summed E-state index contributed by atoms with van der Waals surface area (Å²) in [5, 5.41) is 15.6. The van der Waals surface area contributed by atoms with Crippen LogP contribution in [0.15, 0.2) is 34.1 Å². The highest BCUT2D eigenvalue weighted by molar-refractivity contribution is 7.10. The number of hydrogen-bond acceptors (Lipinski definition) is 4. The van der Waals surface area contributed by atoms with E-state index < -0.39 is 6.10 Å². The van der Waals surface area contributed by atoms with Crippen molar-refractivity contribution in [3.63, 3.8) is 0 Å². The van der Waals surface area contributed by atoms with E-state index in [1.165, 1.54) is 0 Å². The summed E-state index contributed by atoms with van der Waals surface area (Å²) < 4.78 is 5.60. The Kier molecular flexibility index (Phi) is 4.80. The zero-order valence-corrected chi connectivity index (χ0v) is 12.4. The maximum absolute atomic E-state index is 10.1. The Morgan fingerprint density at radius 2 is 2.11 bits per heavy atom. The molecule has 19 heavy (non-hydrogen) atoms. The summed E-state index contributed by atoms with van der Waals surface area (Å²) in [7, 11) is 0. The van der Waals surface area contributed by atoms with Gasteiger partial charge in [0.05, 0.1) is 12.1 Å². The second kappa shape index (κ2) is 6.37. The van der Waals surface area contributed by atoms with Crippen molar-refractivity contribution in [2.24, 2.45) is 0 Å². The number of aliphatic hydroxyl groups is 1. The van der Waals surface area contributed by atoms with Crippen LogP contribution in [0.2, 0.25) is 0 Å². The van der Waals surface area contributed by atoms with E-state index in [1.807, 2.05) is 36.6 Å². The van der Waals surface area contributed by atoms with Crippen LogP contribution < -0.4 is 5.32 Å². The van der Waals surface area contributed by atoms with Gasteiger partial charge in [0.2, 0.25) is 0 Å². The van der Waals surface area contributed by atoms with Crippen LogP contribution in [-0.2, 0) is 0 Å². The number of thiophene rings is 1. The number of rotatable bonds is 6. The third-order valence-corrected chi connectivity index (χ3v) is 4.14. The minimum absolute atomic E-state index is 0.152. The number of furan rings is 1. The molecule has 3 unspecified atom stereocenters. The highest BCUT2D eigenvalue weighted by Gasteiger charge is 2.17. The van der Waals surface area contributed by atoms with Crippen molar-refractivity contribution >= 4 is 11.3 Å². The molecule has 0 saturated heterocycles. The van der Waals surface area contributed by atoms with E-state index >= 15 is 0 Å². The monoisotopic (exact) mass is 279 g/mol. The van der Waals surface area contributed by atoms with Crippen LogP contribution in [0.3, 0.4) is 0 Å². The third-order valence-electron chi connectivity index (χ3n) is 3.17. The summed E-state index contributed by atoms with van der Waals surface area (Å²) in [5.74, 6) is 1.87. The van der Waals surface area contributed by atoms with Crippen molar-refractivity contribution < 1.29 is 9.52 Å². The van der Waals surface area contributed by atoms with Gasteiger partial charge in [0.15, 0.2) is 0 Å². The van der Waals surface area contributed by atoms with Crippen LogP contribution in [-0.4, -0.2) is 11.1 Å². The van der Waals surface area contributed by atoms with E-state index in [0.717, 1.165) is 16.4 Å². The maximum Gasteiger partial charge on any atom is 0.120 e. The van der Waals surface area contributed by atoms with Gasteiger partial charge in [-0.05, 0) is 50.8 Å². The first-order chi connectivity index (χ1) is 9.06. The van der Waals surface area contributed by atoms with Crippen LogP contribution in [0, 0.1) is 6.92 Å². The van der Waals surface area contributed by atoms with E-state index in [1.54, 1.807) is 11.3 Å². The lowest BCUT2D eigenvalue weighted by Crippen LogP contribution is -2.30. The molecular formula is C15H21NO2S. The van der Waals surface area contributed by atoms with Crippen LogP contribution in [0.4, 0.5) is 0 Å². The van der Waals surface area contributed by atoms with E-state index in [0.29, 0.717) is 6.42 Å². The Morgan fingerprint density at radius 1 is 1.32 bits per heavy atom. The molecular weight excluding hydrogens is 258 g/mol. The molecule has 0 bridgehead atoms. The lowest BCUT2D eigenvalue weighted by Gasteiger charge is -2.20. The fourth-order valence-electron chi connectivity index (χ4n) is 2.20. The second-order valence-electron chi connectivity index (χ2n) is 5.00. The van der Waals surface area contributed by atoms with Crippen molar-refractivity contribution in [2.45, 2.75) is 45.4 Å². The summed E-state index contributed by atoms with van der Waals surface area (Å²) in [5.41, 5.74) is 0. The highest BCUT2D eigenvalue weighted by atomic mass is 32.1. The van der Waals surface area contributed by atoms with Gasteiger partial charge in [-0.1, -0.05) is 6.07 Å². The molecule has 0 aliphatic rings. The first-order valence-corrected chi connectivity index (χ1v) is 7.48.